The first-order chi connectivity index (χ1) is 8.29. The van der Waals surface area contributed by atoms with Crippen molar-refractivity contribution in [3.63, 3.8) is 0 Å². The molecule has 1 amide bonds. The third-order valence-corrected chi connectivity index (χ3v) is 3.27. The molecule has 0 saturated heterocycles. The number of aromatic nitrogens is 1. The summed E-state index contributed by atoms with van der Waals surface area (Å²) in [4.78, 5) is 15.5. The summed E-state index contributed by atoms with van der Waals surface area (Å²) in [6, 6.07) is 4.06. The third kappa shape index (κ3) is 3.16. The Labute approximate surface area is 102 Å². The van der Waals surface area contributed by atoms with Crippen LogP contribution in [0.1, 0.15) is 42.9 Å². The normalized spacial score (nSPS) is 15.8. The number of hydrogen-bond donors (Lipinski definition) is 1. The second kappa shape index (κ2) is 5.62. The fourth-order valence-electron chi connectivity index (χ4n) is 2.31. The summed E-state index contributed by atoms with van der Waals surface area (Å²) in [5, 5.41) is 2.78. The largest absolute Gasteiger partial charge is 0.348 e. The molecule has 0 aromatic carbocycles. The van der Waals surface area contributed by atoms with Crippen LogP contribution in [0, 0.1) is 0 Å². The molecule has 0 aliphatic heterocycles. The highest BCUT2D eigenvalue weighted by Crippen LogP contribution is 2.32. The molecule has 1 aliphatic carbocycles. The van der Waals surface area contributed by atoms with E-state index in [1.165, 1.54) is 37.5 Å². The second-order valence-corrected chi connectivity index (χ2v) is 4.49. The lowest BCUT2D eigenvalue weighted by Crippen LogP contribution is -2.20. The van der Waals surface area contributed by atoms with E-state index in [2.05, 4.69) is 22.9 Å². The molecule has 1 aliphatic rings. The van der Waals surface area contributed by atoms with Crippen LogP contribution in [0.3, 0.4) is 0 Å². The zero-order valence-electron chi connectivity index (χ0n) is 9.98. The van der Waals surface area contributed by atoms with Crippen molar-refractivity contribution in [2.75, 3.05) is 0 Å². The maximum Gasteiger partial charge on any atom is 0.243 e. The zero-order valence-corrected chi connectivity index (χ0v) is 9.98. The quantitative estimate of drug-likeness (QED) is 0.808. The fourth-order valence-corrected chi connectivity index (χ4v) is 2.31. The summed E-state index contributed by atoms with van der Waals surface area (Å²) in [5.41, 5.74) is 2.28. The Kier molecular flexibility index (Phi) is 3.91. The van der Waals surface area contributed by atoms with Gasteiger partial charge in [0.1, 0.15) is 0 Å². The van der Waals surface area contributed by atoms with Gasteiger partial charge in [-0.1, -0.05) is 19.4 Å². The van der Waals surface area contributed by atoms with Crippen LogP contribution in [0.4, 0.5) is 0 Å². The number of nitrogens with zero attached hydrogens (tertiary/aromatic N) is 1. The van der Waals surface area contributed by atoms with E-state index in [9.17, 15) is 4.79 Å². The molecule has 0 bridgehead atoms. The van der Waals surface area contributed by atoms with Gasteiger partial charge in [-0.25, -0.2) is 0 Å². The smallest absolute Gasteiger partial charge is 0.243 e. The molecule has 1 aromatic rings. The zero-order chi connectivity index (χ0) is 12.1. The van der Waals surface area contributed by atoms with Crippen molar-refractivity contribution in [2.24, 2.45) is 0 Å². The highest BCUT2D eigenvalue weighted by molar-refractivity contribution is 5.86. The van der Waals surface area contributed by atoms with Crippen LogP contribution in [0.15, 0.2) is 31.0 Å². The molecule has 1 heterocycles. The molecule has 17 heavy (non-hydrogen) atoms. The van der Waals surface area contributed by atoms with Crippen LogP contribution in [-0.4, -0.2) is 10.9 Å². The number of hydrogen-bond acceptors (Lipinski definition) is 2. The van der Waals surface area contributed by atoms with Gasteiger partial charge in [0.2, 0.25) is 5.91 Å². The fraction of sp³-hybridized carbons (Fsp3) is 0.429. The van der Waals surface area contributed by atoms with Crippen molar-refractivity contribution >= 4 is 5.91 Å². The highest BCUT2D eigenvalue weighted by atomic mass is 16.1. The summed E-state index contributed by atoms with van der Waals surface area (Å²) in [6.07, 6.45) is 8.24. The van der Waals surface area contributed by atoms with Crippen molar-refractivity contribution in [3.05, 3.63) is 42.2 Å². The minimum Gasteiger partial charge on any atom is -0.348 e. The van der Waals surface area contributed by atoms with Crippen molar-refractivity contribution in [1.82, 2.24) is 10.3 Å². The van der Waals surface area contributed by atoms with Gasteiger partial charge < -0.3 is 5.32 Å². The van der Waals surface area contributed by atoms with Gasteiger partial charge >= 0.3 is 0 Å². The van der Waals surface area contributed by atoms with Gasteiger partial charge in [-0.05, 0) is 36.6 Å². The Balaban J connectivity index is 2.00. The number of carbonyl (C=O) groups excluding carboxylic acids is 1. The van der Waals surface area contributed by atoms with Gasteiger partial charge in [0, 0.05) is 24.4 Å². The van der Waals surface area contributed by atoms with Crippen LogP contribution < -0.4 is 5.32 Å². The van der Waals surface area contributed by atoms with Gasteiger partial charge in [-0.3, -0.25) is 9.78 Å². The first kappa shape index (κ1) is 11.8. The van der Waals surface area contributed by atoms with Gasteiger partial charge in [0.25, 0.3) is 0 Å². The molecule has 1 N–H and O–H groups in total. The standard InChI is InChI=1S/C14H18N2O/c1-2-14(17)16-10-11-7-8-15-13(9-11)12-5-3-4-6-12/h2,7-9,12H,1,3-6,10H2,(H,16,17). The molecular weight excluding hydrogens is 212 g/mol. The molecule has 0 atom stereocenters. The van der Waals surface area contributed by atoms with Crippen molar-refractivity contribution < 1.29 is 4.79 Å². The van der Waals surface area contributed by atoms with E-state index in [0.29, 0.717) is 12.5 Å². The van der Waals surface area contributed by atoms with Crippen molar-refractivity contribution in [3.8, 4) is 0 Å². The first-order valence-corrected chi connectivity index (χ1v) is 6.14. The molecule has 1 aromatic heterocycles. The van der Waals surface area contributed by atoms with E-state index in [0.717, 1.165) is 5.56 Å². The number of pyridine rings is 1. The molecule has 0 spiro atoms. The monoisotopic (exact) mass is 230 g/mol. The molecule has 1 saturated carbocycles. The Morgan fingerprint density at radius 3 is 3.00 bits per heavy atom. The Bertz CT molecular complexity index is 408. The van der Waals surface area contributed by atoms with Crippen LogP contribution in [0.25, 0.3) is 0 Å². The molecule has 3 nitrogen and oxygen atoms in total. The van der Waals surface area contributed by atoms with Crippen LogP contribution in [0.2, 0.25) is 0 Å². The summed E-state index contributed by atoms with van der Waals surface area (Å²) < 4.78 is 0. The van der Waals surface area contributed by atoms with Gasteiger partial charge in [-0.15, -0.1) is 0 Å². The Morgan fingerprint density at radius 2 is 2.29 bits per heavy atom. The van der Waals surface area contributed by atoms with E-state index in [1.54, 1.807) is 0 Å². The van der Waals surface area contributed by atoms with E-state index >= 15 is 0 Å². The minimum absolute atomic E-state index is 0.135. The number of amides is 1. The SMILES string of the molecule is C=CC(=O)NCc1ccnc(C2CCCC2)c1. The van der Waals surface area contributed by atoms with Gasteiger partial charge in [0.05, 0.1) is 0 Å². The van der Waals surface area contributed by atoms with E-state index in [1.807, 2.05) is 12.3 Å². The molecule has 2 rings (SSSR count). The average Bonchev–Trinajstić information content (AvgIpc) is 2.90. The van der Waals surface area contributed by atoms with E-state index < -0.39 is 0 Å². The van der Waals surface area contributed by atoms with E-state index in [-0.39, 0.29) is 5.91 Å². The first-order valence-electron chi connectivity index (χ1n) is 6.14. The molecule has 90 valence electrons. The Hall–Kier alpha value is -1.64. The van der Waals surface area contributed by atoms with E-state index in [4.69, 9.17) is 0 Å². The second-order valence-electron chi connectivity index (χ2n) is 4.49. The third-order valence-electron chi connectivity index (χ3n) is 3.27. The van der Waals surface area contributed by atoms with Gasteiger partial charge in [0.15, 0.2) is 0 Å². The summed E-state index contributed by atoms with van der Waals surface area (Å²) in [6.45, 7) is 3.98. The topological polar surface area (TPSA) is 42.0 Å². The maximum atomic E-state index is 11.1. The van der Waals surface area contributed by atoms with Crippen LogP contribution in [-0.2, 0) is 11.3 Å². The summed E-state index contributed by atoms with van der Waals surface area (Å²) >= 11 is 0. The number of nitrogens with one attached hydrogen (secondary N) is 1. The lowest BCUT2D eigenvalue weighted by Gasteiger charge is -2.10. The number of carbonyl (C=O) groups is 1. The summed E-state index contributed by atoms with van der Waals surface area (Å²) in [5.74, 6) is 0.481. The summed E-state index contributed by atoms with van der Waals surface area (Å²) in [7, 11) is 0. The van der Waals surface area contributed by atoms with Crippen LogP contribution in [0.5, 0.6) is 0 Å². The number of rotatable bonds is 4. The van der Waals surface area contributed by atoms with Crippen LogP contribution >= 0.6 is 0 Å². The predicted octanol–water partition coefficient (Wildman–Crippen LogP) is 2.54. The lowest BCUT2D eigenvalue weighted by atomic mass is 10.0. The average molecular weight is 230 g/mol. The minimum atomic E-state index is -0.135. The molecule has 3 heteroatoms. The van der Waals surface area contributed by atoms with Crippen molar-refractivity contribution in [1.29, 1.82) is 0 Å². The lowest BCUT2D eigenvalue weighted by molar-refractivity contribution is -0.116. The highest BCUT2D eigenvalue weighted by Gasteiger charge is 2.18. The molecule has 0 radical (unpaired) electrons. The predicted molar refractivity (Wildman–Crippen MR) is 67.5 cm³/mol. The van der Waals surface area contributed by atoms with Gasteiger partial charge in [-0.2, -0.15) is 0 Å². The Morgan fingerprint density at radius 1 is 1.53 bits per heavy atom. The maximum absolute atomic E-state index is 11.1. The molecular formula is C14H18N2O. The van der Waals surface area contributed by atoms with Crippen molar-refractivity contribution in [2.45, 2.75) is 38.1 Å². The molecule has 0 unspecified atom stereocenters. The molecule has 1 fully saturated rings.